The number of carbonyl (C=O) groups excluding carboxylic acids is 6. The van der Waals surface area contributed by atoms with Gasteiger partial charge in [0.1, 0.15) is 97.7 Å². The molecule has 48 nitrogen and oxygen atoms in total. The zero-order chi connectivity index (χ0) is 103. The minimum Gasteiger partial charge on any atom is -0.394 e. The fourth-order valence-corrected chi connectivity index (χ4v) is 17.0. The molecule has 10 rings (SSSR count). The minimum absolute atomic E-state index is 0.0181. The number of hydrogen-bond acceptors (Lipinski definition) is 42. The number of benzene rings is 6. The summed E-state index contributed by atoms with van der Waals surface area (Å²) < 4.78 is 25.1. The molecule has 4 heterocycles. The number of amides is 6. The lowest BCUT2D eigenvalue weighted by atomic mass is 9.75. The third kappa shape index (κ3) is 22.1. The van der Waals surface area contributed by atoms with Crippen LogP contribution in [0.25, 0.3) is 12.2 Å². The smallest absolute Gasteiger partial charge is 0.275 e. The molecule has 4 saturated heterocycles. The first-order valence-electron chi connectivity index (χ1n) is 44.5. The van der Waals surface area contributed by atoms with Crippen LogP contribution in [0.3, 0.4) is 0 Å². The zero-order valence-corrected chi connectivity index (χ0v) is 75.8. The van der Waals surface area contributed by atoms with E-state index in [0.717, 1.165) is 48.5 Å². The molecule has 0 aliphatic carbocycles. The predicted molar refractivity (Wildman–Crippen MR) is 472 cm³/mol. The molecule has 140 heavy (non-hydrogen) atoms. The van der Waals surface area contributed by atoms with E-state index < -0.39 is 291 Å². The van der Waals surface area contributed by atoms with Gasteiger partial charge in [0.05, 0.1) is 50.8 Å². The van der Waals surface area contributed by atoms with Crippen molar-refractivity contribution in [2.75, 3.05) is 26.4 Å². The van der Waals surface area contributed by atoms with Gasteiger partial charge in [-0.25, -0.2) is 41.3 Å². The van der Waals surface area contributed by atoms with Crippen molar-refractivity contribution in [2.24, 2.45) is 0 Å². The number of nitrogens with zero attached hydrogens (tertiary/aromatic N) is 2. The van der Waals surface area contributed by atoms with Crippen LogP contribution in [0.4, 0.5) is 0 Å². The average molecular weight is 1980 g/mol. The van der Waals surface area contributed by atoms with Crippen LogP contribution in [0.2, 0.25) is 0 Å². The Morgan fingerprint density at radius 3 is 0.671 bits per heavy atom. The summed E-state index contributed by atoms with van der Waals surface area (Å²) in [7, 11) is 0. The highest BCUT2D eigenvalue weighted by molar-refractivity contribution is 5.97. The van der Waals surface area contributed by atoms with Crippen molar-refractivity contribution in [1.29, 1.82) is 0 Å². The highest BCUT2D eigenvalue weighted by Gasteiger charge is 2.82. The standard InChI is InChI=1S/C92H122N6O42/c1-5-55(103)63(107)71(115)79(123)93-137-85(39-49-21-13-9-14-22-49)89(129,75(119)67(111)59(43-99)133-85)97(90(130)76(120)68(112)60(44-100)134-86(90,40-50-23-15-10-16-24-50)138-94-80(124)72(116)64(108)56(104)6-2)83(127)53-35-31-47(32-36-53)29-30-48-33-37-54(38-34-48)84(128)98(91(131)77(121)69(113)61(45-101)135-87(91,41-51-25-17-11-18-26-51)139-95-81(125)73(117)65(109)57(105)7-3)92(132)78(122)70(114)62(46-102)136-88(92,42-52-27-19-12-20-28-52)140-96-82(126)74(118)66(110)58(106)8-4/h9-38,55-78,99-122,129-132H,5-8,39-46H2,1-4H3,(H,93,123)(H,94,124)(H,95,125)(H,96,126)/b30-29-/t55-,56-,57-,58-,59-,60-,61-,62-,63+,64+,65+,66+,67-,68-,69-,70-,71+,72+,73+,74+,75+,76+,77+,78+,85-,86-,87-,88-,89+,90+,91+,92+/m1/s1. The largest absolute Gasteiger partial charge is 0.394 e. The first-order chi connectivity index (χ1) is 66.2. The Balaban J connectivity index is 1.19. The van der Waals surface area contributed by atoms with Crippen molar-refractivity contribution in [1.82, 2.24) is 31.7 Å². The van der Waals surface area contributed by atoms with Crippen LogP contribution in [0.1, 0.15) is 107 Å². The van der Waals surface area contributed by atoms with Gasteiger partial charge in [-0.3, -0.25) is 38.6 Å². The maximum Gasteiger partial charge on any atom is 0.275 e. The Hall–Kier alpha value is -9.56. The third-order valence-corrected chi connectivity index (χ3v) is 25.4. The van der Waals surface area contributed by atoms with E-state index in [9.17, 15) is 162 Å². The number of ether oxygens (including phenoxy) is 4. The maximum atomic E-state index is 16.9. The van der Waals surface area contributed by atoms with Crippen LogP contribution in [-0.2, 0) is 83.2 Å². The molecule has 0 aromatic heterocycles. The number of hydrogen-bond donors (Lipinski definition) is 32. The summed E-state index contributed by atoms with van der Waals surface area (Å²) in [6.45, 7) is -0.276. The molecule has 4 aliphatic heterocycles. The molecule has 0 unspecified atom stereocenters. The molecule has 0 spiro atoms. The first kappa shape index (κ1) is 112. The molecule has 0 bridgehead atoms. The molecule has 32 N–H and O–H groups in total. The van der Waals surface area contributed by atoms with Crippen LogP contribution in [0.15, 0.2) is 170 Å². The zero-order valence-electron chi connectivity index (χ0n) is 75.8. The Labute approximate surface area is 798 Å². The fraction of sp³-hybridized carbons (Fsp3) is 0.522. The highest BCUT2D eigenvalue weighted by atomic mass is 16.8. The van der Waals surface area contributed by atoms with Gasteiger partial charge in [-0.1, -0.05) is 185 Å². The summed E-state index contributed by atoms with van der Waals surface area (Å²) in [6.07, 6.45) is -65.0. The minimum atomic E-state index is -4.44. The van der Waals surface area contributed by atoms with Gasteiger partial charge in [0.15, 0.2) is 24.4 Å². The third-order valence-electron chi connectivity index (χ3n) is 25.4. The molecule has 0 radical (unpaired) electrons. The van der Waals surface area contributed by atoms with Crippen molar-refractivity contribution in [3.8, 4) is 0 Å². The van der Waals surface area contributed by atoms with Crippen LogP contribution in [0.5, 0.6) is 0 Å². The monoisotopic (exact) mass is 1980 g/mol. The topological polar surface area (TPSA) is 797 Å². The summed E-state index contributed by atoms with van der Waals surface area (Å²) in [5, 5.41) is 335. The molecule has 4 aliphatic rings. The number of rotatable bonds is 44. The molecular formula is C92H122N6O42. The second kappa shape index (κ2) is 47.3. The van der Waals surface area contributed by atoms with Crippen molar-refractivity contribution >= 4 is 47.6 Å². The molecule has 6 amide bonds. The van der Waals surface area contributed by atoms with Crippen molar-refractivity contribution in [3.05, 3.63) is 214 Å². The van der Waals surface area contributed by atoms with Gasteiger partial charge in [-0.15, -0.1) is 0 Å². The van der Waals surface area contributed by atoms with Gasteiger partial charge < -0.3 is 162 Å². The molecule has 32 atom stereocenters. The van der Waals surface area contributed by atoms with E-state index in [1.54, 1.807) is 21.9 Å². The van der Waals surface area contributed by atoms with Gasteiger partial charge in [-0.2, -0.15) is 0 Å². The summed E-state index contributed by atoms with van der Waals surface area (Å²) in [5.41, 5.74) is -13.2. The van der Waals surface area contributed by atoms with E-state index in [2.05, 4.69) is 0 Å². The molecular weight excluding hydrogens is 1860 g/mol. The summed E-state index contributed by atoms with van der Waals surface area (Å²) in [4.78, 5) is 114. The normalized spacial score (nSPS) is 31.8. The lowest BCUT2D eigenvalue weighted by Gasteiger charge is -2.65. The van der Waals surface area contributed by atoms with Crippen molar-refractivity contribution in [2.45, 2.75) is 272 Å². The Morgan fingerprint density at radius 1 is 0.314 bits per heavy atom. The molecule has 0 saturated carbocycles. The van der Waals surface area contributed by atoms with Crippen LogP contribution < -0.4 is 21.9 Å². The Kier molecular flexibility index (Phi) is 38.0. The predicted octanol–water partition coefficient (Wildman–Crippen LogP) is -10.1. The SMILES string of the molecule is CC[C@@H](O)[C@H](O)[C@H](O)C(=O)NO[C@@]1(Cc2ccccc2)O[C@H](CO)[C@@H](O)[C@H](O)[C@@]1(O)N(C(=O)c1ccc(/C=C\c2ccc(C(=O)N([C@]3(O)[C@@H](O)[C@H](O)[C@@H](CO)O[C@]3(Cc3ccccc3)ONC(=O)[C@@H](O)[C@@H](O)[C@H](O)CC)[C@]3(O)[C@@H](O)[C@H](O)[C@@H](CO)O[C@]3(Cc3ccccc3)ONC(=O)[C@@H](O)[C@@H](O)[C@H](O)CC)cc2)cc1)[C@]1(O)[C@@H](O)[C@H](O)[C@@H](CO)O[C@]1(Cc1ccccc1)ONC(=O)[C@@H](O)[C@@H](O)[C@H](O)CC. The molecule has 6 aromatic rings. The second-order valence-electron chi connectivity index (χ2n) is 34.4. The quantitative estimate of drug-likeness (QED) is 0.00959. The lowest BCUT2D eigenvalue weighted by Crippen LogP contribution is -2.90. The second-order valence-corrected chi connectivity index (χ2v) is 34.4. The van der Waals surface area contributed by atoms with Crippen molar-refractivity contribution in [3.63, 3.8) is 0 Å². The van der Waals surface area contributed by atoms with Gasteiger partial charge in [0.25, 0.3) is 35.4 Å². The summed E-state index contributed by atoms with van der Waals surface area (Å²) in [6, 6.07) is 34.5. The van der Waals surface area contributed by atoms with Gasteiger partial charge in [0.2, 0.25) is 46.0 Å². The average Bonchev–Trinajstić information content (AvgIpc) is 0.679. The Bertz CT molecular complexity index is 4510. The first-order valence-corrected chi connectivity index (χ1v) is 44.5. The maximum absolute atomic E-state index is 16.9. The molecule has 48 heteroatoms. The number of nitrogens with one attached hydrogen (secondary N) is 4. The van der Waals surface area contributed by atoms with E-state index >= 15 is 9.59 Å². The summed E-state index contributed by atoms with van der Waals surface area (Å²) in [5.74, 6) is -26.3. The molecule has 772 valence electrons. The van der Waals surface area contributed by atoms with Crippen LogP contribution >= 0.6 is 0 Å². The van der Waals surface area contributed by atoms with Crippen molar-refractivity contribution < 1.29 is 210 Å². The summed E-state index contributed by atoms with van der Waals surface area (Å²) >= 11 is 0. The highest BCUT2D eigenvalue weighted by Crippen LogP contribution is 2.56. The van der Waals surface area contributed by atoms with E-state index in [4.69, 9.17) is 38.3 Å². The number of hydroxylamine groups is 4. The van der Waals surface area contributed by atoms with Gasteiger partial charge >= 0.3 is 0 Å². The fourth-order valence-electron chi connectivity index (χ4n) is 17.0. The number of aliphatic hydroxyl groups excluding tert-OH is 24. The van der Waals surface area contributed by atoms with E-state index in [0.29, 0.717) is 0 Å². The lowest BCUT2D eigenvalue weighted by molar-refractivity contribution is -0.494. The Morgan fingerprint density at radius 2 is 0.500 bits per heavy atom. The number of carbonyl (C=O) groups is 6. The van der Waals surface area contributed by atoms with E-state index in [1.165, 1.54) is 161 Å². The molecule has 4 fully saturated rings. The van der Waals surface area contributed by atoms with Gasteiger partial charge in [0, 0.05) is 36.8 Å². The van der Waals surface area contributed by atoms with E-state index in [1.807, 2.05) is 0 Å². The van der Waals surface area contributed by atoms with Gasteiger partial charge in [-0.05, 0) is 83.3 Å². The van der Waals surface area contributed by atoms with Crippen LogP contribution in [0, 0.1) is 0 Å². The number of aliphatic hydroxyl groups is 28. The van der Waals surface area contributed by atoms with E-state index in [-0.39, 0.29) is 68.9 Å². The molecule has 6 aromatic carbocycles. The van der Waals surface area contributed by atoms with Crippen LogP contribution in [-0.4, -0.2) is 407 Å².